The first-order chi connectivity index (χ1) is 8.38. The highest BCUT2D eigenvalue weighted by atomic mass is 32.1. The van der Waals surface area contributed by atoms with E-state index in [-0.39, 0.29) is 5.92 Å². The fourth-order valence-corrected chi connectivity index (χ4v) is 4.14. The summed E-state index contributed by atoms with van der Waals surface area (Å²) < 4.78 is 0. The summed E-state index contributed by atoms with van der Waals surface area (Å²) in [6, 6.07) is 5.31. The first kappa shape index (κ1) is 11.3. The lowest BCUT2D eigenvalue weighted by Gasteiger charge is -2.39. The molecule has 1 aliphatic carbocycles. The van der Waals surface area contributed by atoms with E-state index >= 15 is 0 Å². The quantitative estimate of drug-likeness (QED) is 0.761. The van der Waals surface area contributed by atoms with E-state index < -0.39 is 0 Å². The van der Waals surface area contributed by atoms with Crippen LogP contribution in [0.15, 0.2) is 11.4 Å². The zero-order chi connectivity index (χ0) is 11.7. The summed E-state index contributed by atoms with van der Waals surface area (Å²) in [4.78, 5) is 4.12. The Hall–Kier alpha value is -0.850. The molecule has 2 unspecified atom stereocenters. The first-order valence-corrected chi connectivity index (χ1v) is 7.45. The number of thiophene rings is 1. The van der Waals surface area contributed by atoms with Crippen LogP contribution >= 0.6 is 11.3 Å². The van der Waals surface area contributed by atoms with E-state index in [1.807, 2.05) is 11.3 Å². The SMILES string of the molecule is N#CC1CCCCC1N1CCc2sccc2C1. The minimum absolute atomic E-state index is 0.268. The molecule has 1 aliphatic heterocycles. The van der Waals surface area contributed by atoms with Crippen LogP contribution in [0.2, 0.25) is 0 Å². The number of rotatable bonds is 1. The third kappa shape index (κ3) is 2.12. The predicted molar refractivity (Wildman–Crippen MR) is 69.8 cm³/mol. The monoisotopic (exact) mass is 246 g/mol. The van der Waals surface area contributed by atoms with Crippen molar-refractivity contribution in [3.8, 4) is 6.07 Å². The normalized spacial score (nSPS) is 29.6. The summed E-state index contributed by atoms with van der Waals surface area (Å²) in [5, 5.41) is 11.5. The van der Waals surface area contributed by atoms with Crippen molar-refractivity contribution in [2.24, 2.45) is 5.92 Å². The minimum atomic E-state index is 0.268. The van der Waals surface area contributed by atoms with Crippen molar-refractivity contribution in [1.82, 2.24) is 4.90 Å². The van der Waals surface area contributed by atoms with Crippen molar-refractivity contribution < 1.29 is 0 Å². The van der Waals surface area contributed by atoms with Gasteiger partial charge in [-0.2, -0.15) is 5.26 Å². The predicted octanol–water partition coefficient (Wildman–Crippen LogP) is 3.19. The van der Waals surface area contributed by atoms with E-state index in [0.29, 0.717) is 6.04 Å². The Morgan fingerprint density at radius 3 is 3.12 bits per heavy atom. The van der Waals surface area contributed by atoms with Gasteiger partial charge in [-0.15, -0.1) is 11.3 Å². The van der Waals surface area contributed by atoms with Crippen LogP contribution in [0.25, 0.3) is 0 Å². The summed E-state index contributed by atoms with van der Waals surface area (Å²) in [6.45, 7) is 2.22. The molecule has 0 amide bonds. The van der Waals surface area contributed by atoms with Crippen molar-refractivity contribution in [3.63, 3.8) is 0 Å². The molecule has 0 aromatic carbocycles. The van der Waals surface area contributed by atoms with Crippen LogP contribution in [0.3, 0.4) is 0 Å². The highest BCUT2D eigenvalue weighted by Crippen LogP contribution is 2.32. The molecular formula is C14H18N2S. The Kier molecular flexibility index (Phi) is 3.17. The molecule has 17 heavy (non-hydrogen) atoms. The van der Waals surface area contributed by atoms with E-state index in [2.05, 4.69) is 22.4 Å². The van der Waals surface area contributed by atoms with Crippen LogP contribution in [0.1, 0.15) is 36.1 Å². The zero-order valence-electron chi connectivity index (χ0n) is 10.1. The second-order valence-electron chi connectivity index (χ2n) is 5.18. The van der Waals surface area contributed by atoms with Gasteiger partial charge >= 0.3 is 0 Å². The molecular weight excluding hydrogens is 228 g/mol. The van der Waals surface area contributed by atoms with Gasteiger partial charge in [-0.05, 0) is 36.3 Å². The Balaban J connectivity index is 1.75. The zero-order valence-corrected chi connectivity index (χ0v) is 10.9. The lowest BCUT2D eigenvalue weighted by Crippen LogP contribution is -2.44. The first-order valence-electron chi connectivity index (χ1n) is 6.57. The number of nitriles is 1. The van der Waals surface area contributed by atoms with Crippen molar-refractivity contribution in [3.05, 3.63) is 21.9 Å². The summed E-state index contributed by atoms with van der Waals surface area (Å²) in [5.74, 6) is 0.268. The van der Waals surface area contributed by atoms with Crippen LogP contribution < -0.4 is 0 Å². The highest BCUT2D eigenvalue weighted by Gasteiger charge is 2.32. The van der Waals surface area contributed by atoms with Crippen LogP contribution in [0, 0.1) is 17.2 Å². The van der Waals surface area contributed by atoms with E-state index in [9.17, 15) is 5.26 Å². The molecule has 2 atom stereocenters. The van der Waals surface area contributed by atoms with Crippen molar-refractivity contribution in [1.29, 1.82) is 5.26 Å². The maximum atomic E-state index is 9.27. The van der Waals surface area contributed by atoms with E-state index in [1.54, 1.807) is 4.88 Å². The lowest BCUT2D eigenvalue weighted by molar-refractivity contribution is 0.114. The van der Waals surface area contributed by atoms with Gasteiger partial charge in [0, 0.05) is 24.0 Å². The van der Waals surface area contributed by atoms with Gasteiger partial charge in [0.2, 0.25) is 0 Å². The summed E-state index contributed by atoms with van der Waals surface area (Å²) in [5.41, 5.74) is 1.50. The van der Waals surface area contributed by atoms with Crippen LogP contribution in [-0.2, 0) is 13.0 Å². The molecule has 0 N–H and O–H groups in total. The van der Waals surface area contributed by atoms with Gasteiger partial charge in [-0.3, -0.25) is 4.90 Å². The number of fused-ring (bicyclic) bond motifs is 1. The third-order valence-corrected chi connectivity index (χ3v) is 5.22. The molecule has 0 bridgehead atoms. The summed E-state index contributed by atoms with van der Waals surface area (Å²) in [6.07, 6.45) is 6.05. The van der Waals surface area contributed by atoms with Crippen molar-refractivity contribution in [2.75, 3.05) is 6.54 Å². The summed E-state index contributed by atoms with van der Waals surface area (Å²) in [7, 11) is 0. The molecule has 3 rings (SSSR count). The molecule has 2 nitrogen and oxygen atoms in total. The van der Waals surface area contributed by atoms with Gasteiger partial charge < -0.3 is 0 Å². The van der Waals surface area contributed by atoms with Gasteiger partial charge in [0.15, 0.2) is 0 Å². The Morgan fingerprint density at radius 2 is 2.24 bits per heavy atom. The molecule has 2 heterocycles. The Morgan fingerprint density at radius 1 is 1.35 bits per heavy atom. The molecule has 1 aromatic heterocycles. The molecule has 0 saturated heterocycles. The summed E-state index contributed by atoms with van der Waals surface area (Å²) >= 11 is 1.89. The topological polar surface area (TPSA) is 27.0 Å². The molecule has 90 valence electrons. The molecule has 0 spiro atoms. The fraction of sp³-hybridized carbons (Fsp3) is 0.643. The fourth-order valence-electron chi connectivity index (χ4n) is 3.25. The molecule has 0 radical (unpaired) electrons. The van der Waals surface area contributed by atoms with Gasteiger partial charge in [-0.25, -0.2) is 0 Å². The Bertz CT molecular complexity index is 432. The third-order valence-electron chi connectivity index (χ3n) is 4.20. The van der Waals surface area contributed by atoms with Gasteiger partial charge in [0.05, 0.1) is 12.0 Å². The molecule has 2 aliphatic rings. The second-order valence-corrected chi connectivity index (χ2v) is 6.18. The number of nitrogens with zero attached hydrogens (tertiary/aromatic N) is 2. The lowest BCUT2D eigenvalue weighted by atomic mass is 9.83. The highest BCUT2D eigenvalue weighted by molar-refractivity contribution is 7.10. The van der Waals surface area contributed by atoms with E-state index in [4.69, 9.17) is 0 Å². The van der Waals surface area contributed by atoms with Crippen LogP contribution in [0.5, 0.6) is 0 Å². The van der Waals surface area contributed by atoms with Gasteiger partial charge in [0.25, 0.3) is 0 Å². The Labute approximate surface area is 107 Å². The average molecular weight is 246 g/mol. The van der Waals surface area contributed by atoms with Crippen LogP contribution in [0.4, 0.5) is 0 Å². The van der Waals surface area contributed by atoms with Crippen LogP contribution in [-0.4, -0.2) is 17.5 Å². The average Bonchev–Trinajstić information content (AvgIpc) is 2.85. The molecule has 3 heteroatoms. The number of hydrogen-bond acceptors (Lipinski definition) is 3. The largest absolute Gasteiger partial charge is 0.294 e. The second kappa shape index (κ2) is 4.80. The molecule has 1 saturated carbocycles. The van der Waals surface area contributed by atoms with Gasteiger partial charge in [-0.1, -0.05) is 12.8 Å². The van der Waals surface area contributed by atoms with Gasteiger partial charge in [0.1, 0.15) is 0 Å². The number of hydrogen-bond donors (Lipinski definition) is 0. The smallest absolute Gasteiger partial charge is 0.0672 e. The van der Waals surface area contributed by atoms with E-state index in [1.165, 1.54) is 31.2 Å². The minimum Gasteiger partial charge on any atom is -0.294 e. The maximum absolute atomic E-state index is 9.27. The molecule has 1 fully saturated rings. The van der Waals surface area contributed by atoms with Crippen molar-refractivity contribution >= 4 is 11.3 Å². The van der Waals surface area contributed by atoms with Crippen molar-refractivity contribution in [2.45, 2.75) is 44.7 Å². The standard InChI is InChI=1S/C14H18N2S/c15-9-11-3-1-2-4-13(11)16-7-5-14-12(10-16)6-8-17-14/h6,8,11,13H,1-5,7,10H2. The van der Waals surface area contributed by atoms with E-state index in [0.717, 1.165) is 19.5 Å². The maximum Gasteiger partial charge on any atom is 0.0672 e. The molecule has 1 aromatic rings.